The van der Waals surface area contributed by atoms with Crippen molar-refractivity contribution < 1.29 is 4.79 Å². The van der Waals surface area contributed by atoms with Crippen molar-refractivity contribution >= 4 is 21.7 Å². The molecule has 86 valence electrons. The lowest BCUT2D eigenvalue weighted by atomic mass is 9.90. The van der Waals surface area contributed by atoms with Gasteiger partial charge in [-0.25, -0.2) is 0 Å². The van der Waals surface area contributed by atoms with Gasteiger partial charge in [0.05, 0.1) is 0 Å². The van der Waals surface area contributed by atoms with Crippen molar-refractivity contribution in [1.29, 1.82) is 0 Å². The summed E-state index contributed by atoms with van der Waals surface area (Å²) in [6.45, 7) is 1.96. The summed E-state index contributed by atoms with van der Waals surface area (Å²) >= 11 is 3.43. The second-order valence-electron chi connectivity index (χ2n) is 4.30. The molecule has 0 radical (unpaired) electrons. The number of hydrogen-bond donors (Lipinski definition) is 1. The van der Waals surface area contributed by atoms with E-state index in [-0.39, 0.29) is 5.92 Å². The summed E-state index contributed by atoms with van der Waals surface area (Å²) in [5.74, 6) is 0.653. The molecule has 0 spiro atoms. The molecule has 1 fully saturated rings. The third-order valence-corrected chi connectivity index (χ3v) is 3.56. The largest absolute Gasteiger partial charge is 0.317 e. The van der Waals surface area contributed by atoms with Crippen molar-refractivity contribution in [2.75, 3.05) is 13.1 Å². The van der Waals surface area contributed by atoms with Crippen LogP contribution in [0.25, 0.3) is 0 Å². The summed E-state index contributed by atoms with van der Waals surface area (Å²) < 4.78 is 1.04. The van der Waals surface area contributed by atoms with Crippen LogP contribution in [0.5, 0.6) is 0 Å². The predicted octanol–water partition coefficient (Wildman–Crippen LogP) is 2.56. The van der Waals surface area contributed by atoms with Gasteiger partial charge >= 0.3 is 0 Å². The van der Waals surface area contributed by atoms with E-state index in [0.29, 0.717) is 12.2 Å². The molecule has 0 aromatic heterocycles. The van der Waals surface area contributed by atoms with E-state index < -0.39 is 0 Å². The second-order valence-corrected chi connectivity index (χ2v) is 5.21. The minimum atomic E-state index is 0.264. The average molecular weight is 282 g/mol. The van der Waals surface area contributed by atoms with Gasteiger partial charge in [-0.1, -0.05) is 28.1 Å². The van der Waals surface area contributed by atoms with Gasteiger partial charge in [0.15, 0.2) is 0 Å². The zero-order valence-electron chi connectivity index (χ0n) is 9.21. The van der Waals surface area contributed by atoms with E-state index >= 15 is 0 Å². The molecule has 1 aliphatic rings. The summed E-state index contributed by atoms with van der Waals surface area (Å²) in [6.07, 6.45) is 2.56. The van der Waals surface area contributed by atoms with Crippen molar-refractivity contribution in [2.45, 2.75) is 19.3 Å². The molecule has 0 saturated carbocycles. The lowest BCUT2D eigenvalue weighted by molar-refractivity contribution is -0.122. The Hall–Kier alpha value is -0.670. The third kappa shape index (κ3) is 3.16. The number of carbonyl (C=O) groups is 1. The van der Waals surface area contributed by atoms with E-state index in [1.807, 2.05) is 24.3 Å². The number of Topliss-reactive ketones (excluding diaryl/α,β-unsaturated/α-hetero) is 1. The first-order valence-corrected chi connectivity index (χ1v) is 6.53. The number of piperidine rings is 1. The Morgan fingerprint density at radius 1 is 1.38 bits per heavy atom. The normalized spacial score (nSPS) is 17.3. The molecule has 0 amide bonds. The van der Waals surface area contributed by atoms with E-state index in [1.165, 1.54) is 0 Å². The standard InChI is InChI=1S/C13H16BrNO/c14-12-3-1-2-10(8-12)9-13(16)11-4-6-15-7-5-11/h1-3,8,11,15H,4-7,9H2. The van der Waals surface area contributed by atoms with Crippen LogP contribution in [0.2, 0.25) is 0 Å². The zero-order valence-corrected chi connectivity index (χ0v) is 10.8. The first-order valence-electron chi connectivity index (χ1n) is 5.73. The number of halogens is 1. The number of rotatable bonds is 3. The number of ketones is 1. The maximum Gasteiger partial charge on any atom is 0.140 e. The Morgan fingerprint density at radius 2 is 2.12 bits per heavy atom. The van der Waals surface area contributed by atoms with E-state index in [1.54, 1.807) is 0 Å². The summed E-state index contributed by atoms with van der Waals surface area (Å²) in [5, 5.41) is 3.28. The Morgan fingerprint density at radius 3 is 2.81 bits per heavy atom. The minimum Gasteiger partial charge on any atom is -0.317 e. The van der Waals surface area contributed by atoms with Crippen molar-refractivity contribution in [3.05, 3.63) is 34.3 Å². The summed E-state index contributed by atoms with van der Waals surface area (Å²) in [7, 11) is 0. The molecule has 2 nitrogen and oxygen atoms in total. The Balaban J connectivity index is 1.96. The highest BCUT2D eigenvalue weighted by molar-refractivity contribution is 9.10. The fourth-order valence-electron chi connectivity index (χ4n) is 2.14. The third-order valence-electron chi connectivity index (χ3n) is 3.06. The zero-order chi connectivity index (χ0) is 11.4. The van der Waals surface area contributed by atoms with Gasteiger partial charge < -0.3 is 5.32 Å². The maximum absolute atomic E-state index is 12.0. The van der Waals surface area contributed by atoms with Crippen LogP contribution < -0.4 is 5.32 Å². The summed E-state index contributed by atoms with van der Waals surface area (Å²) in [6, 6.07) is 8.01. The second kappa shape index (κ2) is 5.60. The Labute approximate surface area is 105 Å². The van der Waals surface area contributed by atoms with Gasteiger partial charge in [-0.05, 0) is 43.6 Å². The highest BCUT2D eigenvalue weighted by Crippen LogP contribution is 2.17. The molecule has 0 atom stereocenters. The number of benzene rings is 1. The van der Waals surface area contributed by atoms with Gasteiger partial charge in [0.1, 0.15) is 5.78 Å². The molecule has 0 aliphatic carbocycles. The Kier molecular flexibility index (Phi) is 4.13. The molecule has 2 rings (SSSR count). The minimum absolute atomic E-state index is 0.264. The SMILES string of the molecule is O=C(Cc1cccc(Br)c1)C1CCNCC1. The lowest BCUT2D eigenvalue weighted by Gasteiger charge is -2.21. The first kappa shape index (κ1) is 11.8. The number of hydrogen-bond acceptors (Lipinski definition) is 2. The van der Waals surface area contributed by atoms with Gasteiger partial charge in [0.25, 0.3) is 0 Å². The number of nitrogens with one attached hydrogen (secondary N) is 1. The van der Waals surface area contributed by atoms with E-state index in [2.05, 4.69) is 21.2 Å². The molecule has 1 aromatic rings. The molecule has 3 heteroatoms. The maximum atomic E-state index is 12.0. The van der Waals surface area contributed by atoms with Crippen LogP contribution >= 0.6 is 15.9 Å². The fraction of sp³-hybridized carbons (Fsp3) is 0.462. The van der Waals surface area contributed by atoms with Gasteiger partial charge in [-0.3, -0.25) is 4.79 Å². The smallest absolute Gasteiger partial charge is 0.140 e. The van der Waals surface area contributed by atoms with Crippen LogP contribution in [0.4, 0.5) is 0 Å². The van der Waals surface area contributed by atoms with Gasteiger partial charge in [0.2, 0.25) is 0 Å². The van der Waals surface area contributed by atoms with Gasteiger partial charge in [-0.2, -0.15) is 0 Å². The van der Waals surface area contributed by atoms with Crippen molar-refractivity contribution in [3.8, 4) is 0 Å². The molecule has 1 saturated heterocycles. The molecule has 1 heterocycles. The van der Waals surface area contributed by atoms with Crippen LogP contribution in [-0.4, -0.2) is 18.9 Å². The van der Waals surface area contributed by atoms with E-state index in [9.17, 15) is 4.79 Å². The van der Waals surface area contributed by atoms with Gasteiger partial charge in [-0.15, -0.1) is 0 Å². The fourth-order valence-corrected chi connectivity index (χ4v) is 2.58. The molecular weight excluding hydrogens is 266 g/mol. The molecular formula is C13H16BrNO. The predicted molar refractivity (Wildman–Crippen MR) is 68.4 cm³/mol. The average Bonchev–Trinajstić information content (AvgIpc) is 2.30. The monoisotopic (exact) mass is 281 g/mol. The molecule has 1 aliphatic heterocycles. The van der Waals surface area contributed by atoms with Crippen LogP contribution in [-0.2, 0) is 11.2 Å². The molecule has 16 heavy (non-hydrogen) atoms. The highest BCUT2D eigenvalue weighted by Gasteiger charge is 2.20. The topological polar surface area (TPSA) is 29.1 Å². The highest BCUT2D eigenvalue weighted by atomic mass is 79.9. The van der Waals surface area contributed by atoms with Crippen LogP contribution in [0.3, 0.4) is 0 Å². The Bertz CT molecular complexity index is 372. The molecule has 0 unspecified atom stereocenters. The van der Waals surface area contributed by atoms with Gasteiger partial charge in [0, 0.05) is 16.8 Å². The first-order chi connectivity index (χ1) is 7.75. The van der Waals surface area contributed by atoms with Crippen LogP contribution in [0.15, 0.2) is 28.7 Å². The van der Waals surface area contributed by atoms with Crippen LogP contribution in [0, 0.1) is 5.92 Å². The molecule has 0 bridgehead atoms. The molecule has 1 aromatic carbocycles. The summed E-state index contributed by atoms with van der Waals surface area (Å²) in [5.41, 5.74) is 1.11. The van der Waals surface area contributed by atoms with E-state index in [0.717, 1.165) is 36.0 Å². The quantitative estimate of drug-likeness (QED) is 0.923. The van der Waals surface area contributed by atoms with Crippen molar-refractivity contribution in [3.63, 3.8) is 0 Å². The molecule has 1 N–H and O–H groups in total. The van der Waals surface area contributed by atoms with Crippen molar-refractivity contribution in [1.82, 2.24) is 5.32 Å². The van der Waals surface area contributed by atoms with Crippen LogP contribution in [0.1, 0.15) is 18.4 Å². The van der Waals surface area contributed by atoms with E-state index in [4.69, 9.17) is 0 Å². The summed E-state index contributed by atoms with van der Waals surface area (Å²) in [4.78, 5) is 12.0. The number of carbonyl (C=O) groups excluding carboxylic acids is 1. The van der Waals surface area contributed by atoms with Crippen molar-refractivity contribution in [2.24, 2.45) is 5.92 Å². The lowest BCUT2D eigenvalue weighted by Crippen LogP contribution is -2.32.